The summed E-state index contributed by atoms with van der Waals surface area (Å²) in [4.78, 5) is 69.3. The molecule has 2 aromatic heterocycles. The molecule has 0 spiro atoms. The molecule has 0 bridgehead atoms. The predicted molar refractivity (Wildman–Crippen MR) is 242 cm³/mol. The van der Waals surface area contributed by atoms with Crippen LogP contribution in [0.2, 0.25) is 0 Å². The van der Waals surface area contributed by atoms with Gasteiger partial charge < -0.3 is 29.6 Å². The minimum Gasteiger partial charge on any atom is -0.393 e. The van der Waals surface area contributed by atoms with E-state index in [0.717, 1.165) is 62.3 Å². The lowest BCUT2D eigenvalue weighted by Gasteiger charge is -2.27. The van der Waals surface area contributed by atoms with Crippen molar-refractivity contribution >= 4 is 46.3 Å². The predicted octanol–water partition coefficient (Wildman–Crippen LogP) is 5.71. The number of hydrogen-bond donors (Lipinski definition) is 5. The zero-order chi connectivity index (χ0) is 45.0. The van der Waals surface area contributed by atoms with Crippen molar-refractivity contribution in [2.75, 3.05) is 25.1 Å². The summed E-state index contributed by atoms with van der Waals surface area (Å²) < 4.78 is 9.90. The van der Waals surface area contributed by atoms with Crippen molar-refractivity contribution in [1.82, 2.24) is 29.7 Å². The molecule has 6 aromatic rings. The quantitative estimate of drug-likeness (QED) is 0.0633. The second-order valence-electron chi connectivity index (χ2n) is 16.8. The number of imide groups is 2. The summed E-state index contributed by atoms with van der Waals surface area (Å²) in [5, 5.41) is 28.9. The molecule has 1 saturated heterocycles. The van der Waals surface area contributed by atoms with E-state index < -0.39 is 29.7 Å². The topological polar surface area (TPSA) is 201 Å². The van der Waals surface area contributed by atoms with Crippen LogP contribution < -0.4 is 21.4 Å². The maximum absolute atomic E-state index is 13.3. The molecule has 3 aliphatic rings. The number of amides is 5. The Bertz CT molecular complexity index is 2830. The molecule has 5 N–H and O–H groups in total. The number of carbonyl (C=O) groups is 5. The highest BCUT2D eigenvalue weighted by Crippen LogP contribution is 2.40. The van der Waals surface area contributed by atoms with Crippen molar-refractivity contribution in [3.63, 3.8) is 0 Å². The number of benzene rings is 4. The Morgan fingerprint density at radius 3 is 2.23 bits per heavy atom. The number of aliphatic hydroxyl groups is 1. The number of aliphatic hydroxyl groups excluding tert-OH is 1. The van der Waals surface area contributed by atoms with Gasteiger partial charge in [0, 0.05) is 49.8 Å². The molecular weight excluding hydrogens is 825 g/mol. The van der Waals surface area contributed by atoms with Gasteiger partial charge in [-0.1, -0.05) is 91.0 Å². The largest absolute Gasteiger partial charge is 0.393 e. The molecule has 15 heteroatoms. The number of nitrogens with zero attached hydrogens (tertiary/aromatic N) is 4. The van der Waals surface area contributed by atoms with Crippen molar-refractivity contribution in [1.29, 1.82) is 5.41 Å². The third kappa shape index (κ3) is 8.84. The molecule has 2 fully saturated rings. The summed E-state index contributed by atoms with van der Waals surface area (Å²) in [7, 11) is 0. The number of fused-ring (bicyclic) bond motifs is 2. The summed E-state index contributed by atoms with van der Waals surface area (Å²) >= 11 is 0. The van der Waals surface area contributed by atoms with Gasteiger partial charge in [-0.2, -0.15) is 0 Å². The lowest BCUT2D eigenvalue weighted by atomic mass is 9.93. The minimum absolute atomic E-state index is 0.0429. The second kappa shape index (κ2) is 18.9. The van der Waals surface area contributed by atoms with Gasteiger partial charge in [-0.3, -0.25) is 39.6 Å². The first kappa shape index (κ1) is 43.0. The molecule has 2 aliphatic heterocycles. The van der Waals surface area contributed by atoms with E-state index in [1.807, 2.05) is 53.1 Å². The van der Waals surface area contributed by atoms with E-state index in [2.05, 4.69) is 56.9 Å². The molecule has 1 aliphatic carbocycles. The average molecular weight is 875 g/mol. The van der Waals surface area contributed by atoms with Gasteiger partial charge in [0.1, 0.15) is 17.2 Å². The number of rotatable bonds is 15. The summed E-state index contributed by atoms with van der Waals surface area (Å²) in [5.41, 5.74) is 7.85. The fourth-order valence-electron chi connectivity index (χ4n) is 9.24. The van der Waals surface area contributed by atoms with Gasteiger partial charge in [0.2, 0.25) is 17.7 Å². The van der Waals surface area contributed by atoms with Crippen LogP contribution in [0.25, 0.3) is 33.4 Å². The molecule has 65 heavy (non-hydrogen) atoms. The third-order valence-electron chi connectivity index (χ3n) is 12.6. The van der Waals surface area contributed by atoms with Crippen LogP contribution >= 0.6 is 0 Å². The van der Waals surface area contributed by atoms with Crippen LogP contribution in [0.4, 0.5) is 5.69 Å². The maximum Gasteiger partial charge on any atom is 0.264 e. The Balaban J connectivity index is 0.819. The molecule has 1 unspecified atom stereocenters. The maximum atomic E-state index is 13.3. The molecule has 15 nitrogen and oxygen atoms in total. The van der Waals surface area contributed by atoms with E-state index >= 15 is 0 Å². The highest BCUT2D eigenvalue weighted by atomic mass is 16.5. The number of ether oxygens (including phenoxy) is 1. The summed E-state index contributed by atoms with van der Waals surface area (Å²) in [6.07, 6.45) is 4.76. The molecule has 9 rings (SSSR count). The number of carbonyl (C=O) groups excluding carboxylic acids is 5. The van der Waals surface area contributed by atoms with Crippen LogP contribution in [0.5, 0.6) is 0 Å². The Labute approximate surface area is 375 Å². The Hall–Kier alpha value is -7.23. The molecule has 5 amide bonds. The van der Waals surface area contributed by atoms with Crippen molar-refractivity contribution in [3.05, 3.63) is 137 Å². The average Bonchev–Trinajstić information content (AvgIpc) is 3.79. The summed E-state index contributed by atoms with van der Waals surface area (Å²) in [5.74, 6) is -2.43. The van der Waals surface area contributed by atoms with Crippen molar-refractivity contribution in [2.45, 2.75) is 76.2 Å². The van der Waals surface area contributed by atoms with E-state index in [0.29, 0.717) is 43.7 Å². The highest BCUT2D eigenvalue weighted by molar-refractivity contribution is 6.25. The molecule has 4 aromatic carbocycles. The third-order valence-corrected chi connectivity index (χ3v) is 12.6. The van der Waals surface area contributed by atoms with Gasteiger partial charge >= 0.3 is 0 Å². The molecule has 0 radical (unpaired) electrons. The summed E-state index contributed by atoms with van der Waals surface area (Å²) in [6.45, 7) is 1.55. The SMILES string of the molecule is N=c1c2c(-c3ccccc3)c(-c3ccccc3)n(Cc3ccc(CNC(=O)CCOCCNc4cccc5c4C(=O)N(C4CCC(=O)NC4=O)C5=O)cc3)c2ncn1C1CCC(O)CC1. The lowest BCUT2D eigenvalue weighted by molar-refractivity contribution is -0.136. The number of aromatic nitrogens is 3. The van der Waals surface area contributed by atoms with Gasteiger partial charge in [0.15, 0.2) is 0 Å². The standard InChI is InChI=1S/C50H50N8O7/c51-46-44-42(33-8-3-1-4-9-33)45(34-10-5-2-6-11-34)56(47(44)54-30-57(46)35-18-20-36(59)21-19-35)29-32-16-14-31(15-17-32)28-53-40(60)24-26-65-27-25-52-38-13-7-12-37-43(38)50(64)58(49(37)63)39-22-23-41(61)55-48(39)62/h1-17,30,35-36,39,51-52,59H,18-29H2,(H,53,60)(H,55,61,62). The van der Waals surface area contributed by atoms with E-state index in [1.165, 1.54) is 6.07 Å². The Morgan fingerprint density at radius 2 is 1.51 bits per heavy atom. The first-order chi connectivity index (χ1) is 31.7. The molecule has 1 saturated carbocycles. The van der Waals surface area contributed by atoms with Gasteiger partial charge in [0.25, 0.3) is 11.8 Å². The van der Waals surface area contributed by atoms with E-state index in [9.17, 15) is 34.5 Å². The van der Waals surface area contributed by atoms with Crippen LogP contribution in [0.3, 0.4) is 0 Å². The molecule has 1 atom stereocenters. The Morgan fingerprint density at radius 1 is 0.800 bits per heavy atom. The van der Waals surface area contributed by atoms with E-state index in [1.54, 1.807) is 18.5 Å². The molecule has 4 heterocycles. The zero-order valence-corrected chi connectivity index (χ0v) is 35.8. The number of piperidine rings is 1. The number of anilines is 1. The first-order valence-corrected chi connectivity index (χ1v) is 22.1. The van der Waals surface area contributed by atoms with Crippen molar-refractivity contribution in [3.8, 4) is 22.4 Å². The van der Waals surface area contributed by atoms with Crippen molar-refractivity contribution in [2.24, 2.45) is 0 Å². The number of nitrogens with one attached hydrogen (secondary N) is 4. The van der Waals surface area contributed by atoms with Crippen LogP contribution in [-0.2, 0) is 32.2 Å². The second-order valence-corrected chi connectivity index (χ2v) is 16.8. The summed E-state index contributed by atoms with van der Waals surface area (Å²) in [6, 6.07) is 32.4. The minimum atomic E-state index is -1.05. The first-order valence-electron chi connectivity index (χ1n) is 22.1. The van der Waals surface area contributed by atoms with Gasteiger partial charge in [-0.25, -0.2) is 4.98 Å². The molecule has 332 valence electrons. The van der Waals surface area contributed by atoms with Gasteiger partial charge in [-0.05, 0) is 66.5 Å². The van der Waals surface area contributed by atoms with Gasteiger partial charge in [-0.15, -0.1) is 0 Å². The van der Waals surface area contributed by atoms with Crippen LogP contribution in [0.1, 0.15) is 82.8 Å². The van der Waals surface area contributed by atoms with Crippen LogP contribution in [-0.4, -0.2) is 85.6 Å². The lowest BCUT2D eigenvalue weighted by Crippen LogP contribution is -2.54. The fourth-order valence-corrected chi connectivity index (χ4v) is 9.24. The number of hydrogen-bond acceptors (Lipinski definition) is 10. The van der Waals surface area contributed by atoms with Crippen LogP contribution in [0.15, 0.2) is 109 Å². The fraction of sp³-hybridized carbons (Fsp3) is 0.300. The van der Waals surface area contributed by atoms with Crippen LogP contribution in [0, 0.1) is 5.41 Å². The monoisotopic (exact) mass is 874 g/mol. The Kier molecular flexibility index (Phi) is 12.5. The van der Waals surface area contributed by atoms with Gasteiger partial charge in [0.05, 0.1) is 47.9 Å². The zero-order valence-electron chi connectivity index (χ0n) is 35.8. The highest BCUT2D eigenvalue weighted by Gasteiger charge is 2.45. The smallest absolute Gasteiger partial charge is 0.264 e. The van der Waals surface area contributed by atoms with Crippen molar-refractivity contribution < 1.29 is 33.8 Å². The van der Waals surface area contributed by atoms with E-state index in [4.69, 9.17) is 9.72 Å². The normalized spacial score (nSPS) is 18.5. The van der Waals surface area contributed by atoms with E-state index in [-0.39, 0.29) is 61.7 Å². The molecular formula is C50H50N8O7.